The van der Waals surface area contributed by atoms with Crippen molar-refractivity contribution in [1.82, 2.24) is 4.90 Å². The molecular formula is C18H19ClN2O2. The lowest BCUT2D eigenvalue weighted by Gasteiger charge is -2.34. The molecule has 1 aliphatic heterocycles. The second kappa shape index (κ2) is 6.60. The number of hydrogen-bond acceptors (Lipinski definition) is 3. The summed E-state index contributed by atoms with van der Waals surface area (Å²) in [5.74, 6) is -0.0184. The highest BCUT2D eigenvalue weighted by Gasteiger charge is 2.27. The Labute approximate surface area is 140 Å². The molecule has 1 heterocycles. The monoisotopic (exact) mass is 330 g/mol. The molecule has 1 saturated heterocycles. The highest BCUT2D eigenvalue weighted by molar-refractivity contribution is 6.31. The average Bonchev–Trinajstić information content (AvgIpc) is 2.57. The summed E-state index contributed by atoms with van der Waals surface area (Å²) < 4.78 is 5.81. The SMILES string of the molecule is Cc1ccc(N)cc1C(=O)N1CCOC(c2ccccc2Cl)C1. The number of nitrogens with zero attached hydrogens (tertiary/aromatic N) is 1. The summed E-state index contributed by atoms with van der Waals surface area (Å²) in [5.41, 5.74) is 8.89. The lowest BCUT2D eigenvalue weighted by molar-refractivity contribution is -0.0228. The van der Waals surface area contributed by atoms with Gasteiger partial charge in [-0.3, -0.25) is 4.79 Å². The number of nitrogens with two attached hydrogens (primary N) is 1. The van der Waals surface area contributed by atoms with Gasteiger partial charge in [-0.05, 0) is 30.7 Å². The van der Waals surface area contributed by atoms with Gasteiger partial charge in [0.05, 0.1) is 13.2 Å². The first-order chi connectivity index (χ1) is 11.1. The van der Waals surface area contributed by atoms with Crippen LogP contribution in [0, 0.1) is 6.92 Å². The van der Waals surface area contributed by atoms with E-state index in [0.717, 1.165) is 11.1 Å². The molecule has 4 nitrogen and oxygen atoms in total. The number of ether oxygens (including phenoxy) is 1. The van der Waals surface area contributed by atoms with E-state index in [-0.39, 0.29) is 12.0 Å². The summed E-state index contributed by atoms with van der Waals surface area (Å²) in [6, 6.07) is 13.0. The average molecular weight is 331 g/mol. The summed E-state index contributed by atoms with van der Waals surface area (Å²) in [4.78, 5) is 14.6. The van der Waals surface area contributed by atoms with E-state index >= 15 is 0 Å². The fraction of sp³-hybridized carbons (Fsp3) is 0.278. The van der Waals surface area contributed by atoms with Crippen LogP contribution < -0.4 is 5.73 Å². The maximum atomic E-state index is 12.8. The Morgan fingerprint density at radius 1 is 1.30 bits per heavy atom. The van der Waals surface area contributed by atoms with Crippen molar-refractivity contribution >= 4 is 23.2 Å². The number of anilines is 1. The molecule has 120 valence electrons. The van der Waals surface area contributed by atoms with Crippen molar-refractivity contribution in [1.29, 1.82) is 0 Å². The van der Waals surface area contributed by atoms with Crippen molar-refractivity contribution in [3.05, 3.63) is 64.2 Å². The van der Waals surface area contributed by atoms with Crippen LogP contribution in [0.2, 0.25) is 5.02 Å². The zero-order valence-corrected chi connectivity index (χ0v) is 13.7. The molecule has 2 N–H and O–H groups in total. The normalized spacial score (nSPS) is 18.0. The molecule has 0 bridgehead atoms. The molecule has 1 aliphatic rings. The van der Waals surface area contributed by atoms with Crippen LogP contribution in [0.25, 0.3) is 0 Å². The number of morpholine rings is 1. The minimum Gasteiger partial charge on any atom is -0.399 e. The molecule has 5 heteroatoms. The topological polar surface area (TPSA) is 55.6 Å². The number of hydrogen-bond donors (Lipinski definition) is 1. The lowest BCUT2D eigenvalue weighted by atomic mass is 10.0. The van der Waals surface area contributed by atoms with E-state index in [0.29, 0.717) is 36.0 Å². The van der Waals surface area contributed by atoms with Crippen molar-refractivity contribution < 1.29 is 9.53 Å². The Kier molecular flexibility index (Phi) is 4.55. The summed E-state index contributed by atoms with van der Waals surface area (Å²) in [5, 5.41) is 0.659. The van der Waals surface area contributed by atoms with Crippen molar-refractivity contribution in [2.75, 3.05) is 25.4 Å². The molecule has 0 spiro atoms. The second-order valence-corrected chi connectivity index (χ2v) is 6.11. The molecule has 1 fully saturated rings. The molecule has 0 aliphatic carbocycles. The fourth-order valence-electron chi connectivity index (χ4n) is 2.80. The maximum absolute atomic E-state index is 12.8. The van der Waals surface area contributed by atoms with Crippen LogP contribution in [-0.4, -0.2) is 30.5 Å². The first-order valence-corrected chi connectivity index (χ1v) is 7.95. The molecule has 3 rings (SSSR count). The van der Waals surface area contributed by atoms with Gasteiger partial charge >= 0.3 is 0 Å². The number of carbonyl (C=O) groups is 1. The van der Waals surface area contributed by atoms with E-state index in [1.165, 1.54) is 0 Å². The molecule has 1 amide bonds. The standard InChI is InChI=1S/C18H19ClN2O2/c1-12-6-7-13(20)10-15(12)18(22)21-8-9-23-17(11-21)14-4-2-3-5-16(14)19/h2-7,10,17H,8-9,11,20H2,1H3. The smallest absolute Gasteiger partial charge is 0.254 e. The van der Waals surface area contributed by atoms with Gasteiger partial charge in [-0.2, -0.15) is 0 Å². The molecule has 2 aromatic carbocycles. The van der Waals surface area contributed by atoms with E-state index in [9.17, 15) is 4.79 Å². The number of aryl methyl sites for hydroxylation is 1. The van der Waals surface area contributed by atoms with Crippen LogP contribution in [0.15, 0.2) is 42.5 Å². The zero-order valence-electron chi connectivity index (χ0n) is 13.0. The first kappa shape index (κ1) is 15.8. The number of nitrogen functional groups attached to an aromatic ring is 1. The van der Waals surface area contributed by atoms with Crippen LogP contribution in [0.3, 0.4) is 0 Å². The van der Waals surface area contributed by atoms with Gasteiger partial charge in [0.25, 0.3) is 5.91 Å². The minimum absolute atomic E-state index is 0.0184. The van der Waals surface area contributed by atoms with Gasteiger partial charge in [-0.25, -0.2) is 0 Å². The number of carbonyl (C=O) groups excluding carboxylic acids is 1. The van der Waals surface area contributed by atoms with Gasteiger partial charge in [0.1, 0.15) is 6.10 Å². The summed E-state index contributed by atoms with van der Waals surface area (Å²) in [6.07, 6.45) is -0.206. The van der Waals surface area contributed by atoms with Crippen LogP contribution in [0.1, 0.15) is 27.6 Å². The number of amides is 1. The number of rotatable bonds is 2. The van der Waals surface area contributed by atoms with E-state index in [2.05, 4.69) is 0 Å². The van der Waals surface area contributed by atoms with Gasteiger partial charge in [-0.1, -0.05) is 35.9 Å². The Hall–Kier alpha value is -2.04. The summed E-state index contributed by atoms with van der Waals surface area (Å²) in [7, 11) is 0. The highest BCUT2D eigenvalue weighted by atomic mass is 35.5. The maximum Gasteiger partial charge on any atom is 0.254 e. The molecule has 23 heavy (non-hydrogen) atoms. The predicted molar refractivity (Wildman–Crippen MR) is 91.6 cm³/mol. The minimum atomic E-state index is -0.206. The third-order valence-electron chi connectivity index (χ3n) is 4.10. The Bertz CT molecular complexity index is 733. The van der Waals surface area contributed by atoms with Crippen molar-refractivity contribution in [3.63, 3.8) is 0 Å². The van der Waals surface area contributed by atoms with Gasteiger partial charge < -0.3 is 15.4 Å². The quantitative estimate of drug-likeness (QED) is 0.858. The van der Waals surface area contributed by atoms with Crippen molar-refractivity contribution in [2.45, 2.75) is 13.0 Å². The third-order valence-corrected chi connectivity index (χ3v) is 4.44. The fourth-order valence-corrected chi connectivity index (χ4v) is 3.06. The molecule has 0 saturated carbocycles. The van der Waals surface area contributed by atoms with E-state index < -0.39 is 0 Å². The molecule has 0 radical (unpaired) electrons. The Balaban J connectivity index is 1.82. The summed E-state index contributed by atoms with van der Waals surface area (Å²) in [6.45, 7) is 3.45. The predicted octanol–water partition coefficient (Wildman–Crippen LogP) is 3.44. The lowest BCUT2D eigenvalue weighted by Crippen LogP contribution is -2.42. The Morgan fingerprint density at radius 2 is 2.09 bits per heavy atom. The van der Waals surface area contributed by atoms with Crippen molar-refractivity contribution in [2.24, 2.45) is 0 Å². The van der Waals surface area contributed by atoms with Crippen LogP contribution >= 0.6 is 11.6 Å². The molecule has 2 aromatic rings. The molecule has 1 unspecified atom stereocenters. The van der Waals surface area contributed by atoms with Crippen LogP contribution in [0.5, 0.6) is 0 Å². The summed E-state index contributed by atoms with van der Waals surface area (Å²) >= 11 is 6.25. The largest absolute Gasteiger partial charge is 0.399 e. The second-order valence-electron chi connectivity index (χ2n) is 5.71. The molecule has 0 aromatic heterocycles. The van der Waals surface area contributed by atoms with Gasteiger partial charge in [0.2, 0.25) is 0 Å². The van der Waals surface area contributed by atoms with Crippen LogP contribution in [0.4, 0.5) is 5.69 Å². The zero-order chi connectivity index (χ0) is 16.4. The van der Waals surface area contributed by atoms with Crippen LogP contribution in [-0.2, 0) is 4.74 Å². The number of halogens is 1. The van der Waals surface area contributed by atoms with E-state index in [1.54, 1.807) is 17.0 Å². The van der Waals surface area contributed by atoms with Crippen molar-refractivity contribution in [3.8, 4) is 0 Å². The third kappa shape index (κ3) is 3.33. The highest BCUT2D eigenvalue weighted by Crippen LogP contribution is 2.29. The van der Waals surface area contributed by atoms with Gasteiger partial charge in [0.15, 0.2) is 0 Å². The van der Waals surface area contributed by atoms with Gasteiger partial charge in [0, 0.05) is 28.4 Å². The van der Waals surface area contributed by atoms with E-state index in [4.69, 9.17) is 22.1 Å². The first-order valence-electron chi connectivity index (χ1n) is 7.57. The van der Waals surface area contributed by atoms with Gasteiger partial charge in [-0.15, -0.1) is 0 Å². The number of benzene rings is 2. The Morgan fingerprint density at radius 3 is 2.87 bits per heavy atom. The molecule has 1 atom stereocenters. The molecular weight excluding hydrogens is 312 g/mol. The van der Waals surface area contributed by atoms with E-state index in [1.807, 2.05) is 37.3 Å².